The molecular formula is C13H16FNO5S. The fourth-order valence-electron chi connectivity index (χ4n) is 2.00. The third-order valence-corrected chi connectivity index (χ3v) is 5.20. The van der Waals surface area contributed by atoms with Gasteiger partial charge in [-0.1, -0.05) is 0 Å². The number of nitrogens with zero attached hydrogens (tertiary/aromatic N) is 1. The van der Waals surface area contributed by atoms with Crippen LogP contribution in [0.5, 0.6) is 0 Å². The lowest BCUT2D eigenvalue weighted by Crippen LogP contribution is -2.36. The molecule has 0 atom stereocenters. The first kappa shape index (κ1) is 15.9. The summed E-state index contributed by atoms with van der Waals surface area (Å²) in [7, 11) is -2.63. The van der Waals surface area contributed by atoms with E-state index < -0.39 is 26.7 Å². The number of carboxylic acids is 1. The first-order chi connectivity index (χ1) is 9.87. The summed E-state index contributed by atoms with van der Waals surface area (Å²) in [6.45, 7) is 0.302. The summed E-state index contributed by atoms with van der Waals surface area (Å²) < 4.78 is 45.0. The van der Waals surface area contributed by atoms with Gasteiger partial charge in [-0.2, -0.15) is 4.31 Å². The topological polar surface area (TPSA) is 83.9 Å². The van der Waals surface area contributed by atoms with E-state index in [-0.39, 0.29) is 24.8 Å². The summed E-state index contributed by atoms with van der Waals surface area (Å²) in [4.78, 5) is 10.3. The summed E-state index contributed by atoms with van der Waals surface area (Å²) in [5, 5.41) is 8.92. The van der Waals surface area contributed by atoms with Crippen LogP contribution >= 0.6 is 0 Å². The Kier molecular flexibility index (Phi) is 4.60. The molecule has 1 aromatic carbocycles. The number of carbonyl (C=O) groups is 1. The van der Waals surface area contributed by atoms with Crippen molar-refractivity contribution >= 4 is 16.0 Å². The van der Waals surface area contributed by atoms with E-state index in [1.54, 1.807) is 0 Å². The molecule has 0 aliphatic heterocycles. The maximum Gasteiger partial charge on any atom is 0.335 e. The number of carboxylic acid groups (broad SMARTS) is 1. The van der Waals surface area contributed by atoms with Crippen molar-refractivity contribution < 1.29 is 27.4 Å². The largest absolute Gasteiger partial charge is 0.478 e. The van der Waals surface area contributed by atoms with Gasteiger partial charge in [0.25, 0.3) is 0 Å². The van der Waals surface area contributed by atoms with Crippen LogP contribution in [-0.2, 0) is 14.8 Å². The van der Waals surface area contributed by atoms with Crippen LogP contribution in [0.3, 0.4) is 0 Å². The van der Waals surface area contributed by atoms with Gasteiger partial charge in [-0.05, 0) is 31.0 Å². The fourth-order valence-corrected chi connectivity index (χ4v) is 3.76. The van der Waals surface area contributed by atoms with E-state index in [0.717, 1.165) is 18.2 Å². The van der Waals surface area contributed by atoms with E-state index in [9.17, 15) is 17.6 Å². The van der Waals surface area contributed by atoms with E-state index in [1.165, 1.54) is 11.4 Å². The Balaban J connectivity index is 2.41. The molecule has 0 unspecified atom stereocenters. The minimum Gasteiger partial charge on any atom is -0.478 e. The monoisotopic (exact) mass is 317 g/mol. The Morgan fingerprint density at radius 2 is 2.14 bits per heavy atom. The standard InChI is InChI=1S/C13H16FNO5S/c1-20-7-6-15(10-3-4-10)21(18,19)12-8-9(13(16)17)2-5-11(12)14/h2,5,8,10H,3-4,6-7H2,1H3,(H,16,17). The first-order valence-electron chi connectivity index (χ1n) is 6.41. The third kappa shape index (κ3) is 3.39. The average molecular weight is 317 g/mol. The minimum absolute atomic E-state index is 0.111. The molecule has 1 aliphatic carbocycles. The molecule has 21 heavy (non-hydrogen) atoms. The number of methoxy groups -OCH3 is 1. The van der Waals surface area contributed by atoms with Crippen molar-refractivity contribution in [3.63, 3.8) is 0 Å². The van der Waals surface area contributed by atoms with Gasteiger partial charge in [-0.3, -0.25) is 0 Å². The van der Waals surface area contributed by atoms with Gasteiger partial charge in [0, 0.05) is 19.7 Å². The Bertz CT molecular complexity index is 642. The van der Waals surface area contributed by atoms with Crippen molar-refractivity contribution in [1.29, 1.82) is 0 Å². The van der Waals surface area contributed by atoms with Crippen LogP contribution < -0.4 is 0 Å². The van der Waals surface area contributed by atoms with Crippen LogP contribution in [0.4, 0.5) is 4.39 Å². The highest BCUT2D eigenvalue weighted by Crippen LogP contribution is 2.32. The summed E-state index contributed by atoms with van der Waals surface area (Å²) in [6.07, 6.45) is 1.42. The zero-order valence-corrected chi connectivity index (χ0v) is 12.3. The lowest BCUT2D eigenvalue weighted by Gasteiger charge is -2.22. The Hall–Kier alpha value is -1.51. The van der Waals surface area contributed by atoms with Gasteiger partial charge in [0.1, 0.15) is 10.7 Å². The lowest BCUT2D eigenvalue weighted by atomic mass is 10.2. The van der Waals surface area contributed by atoms with Crippen LogP contribution in [0.2, 0.25) is 0 Å². The molecule has 2 rings (SSSR count). The highest BCUT2D eigenvalue weighted by Gasteiger charge is 2.39. The lowest BCUT2D eigenvalue weighted by molar-refractivity contribution is 0.0696. The maximum absolute atomic E-state index is 13.9. The predicted octanol–water partition coefficient (Wildman–Crippen LogP) is 1.32. The van der Waals surface area contributed by atoms with Crippen molar-refractivity contribution in [3.05, 3.63) is 29.6 Å². The first-order valence-corrected chi connectivity index (χ1v) is 7.85. The fraction of sp³-hybridized carbons (Fsp3) is 0.462. The van der Waals surface area contributed by atoms with E-state index in [1.807, 2.05) is 0 Å². The highest BCUT2D eigenvalue weighted by molar-refractivity contribution is 7.89. The van der Waals surface area contributed by atoms with Crippen LogP contribution in [0.1, 0.15) is 23.2 Å². The van der Waals surface area contributed by atoms with Gasteiger partial charge in [-0.15, -0.1) is 0 Å². The van der Waals surface area contributed by atoms with Gasteiger partial charge >= 0.3 is 5.97 Å². The minimum atomic E-state index is -4.08. The van der Waals surface area contributed by atoms with E-state index in [2.05, 4.69) is 0 Å². The second kappa shape index (κ2) is 6.08. The van der Waals surface area contributed by atoms with Gasteiger partial charge < -0.3 is 9.84 Å². The predicted molar refractivity (Wildman–Crippen MR) is 72.1 cm³/mol. The molecule has 1 aromatic rings. The Labute approximate surface area is 122 Å². The van der Waals surface area contributed by atoms with Gasteiger partial charge in [-0.25, -0.2) is 17.6 Å². The van der Waals surface area contributed by atoms with E-state index in [4.69, 9.17) is 9.84 Å². The zero-order chi connectivity index (χ0) is 15.6. The number of hydrogen-bond donors (Lipinski definition) is 1. The van der Waals surface area contributed by atoms with E-state index >= 15 is 0 Å². The SMILES string of the molecule is COCCN(C1CC1)S(=O)(=O)c1cc(C(=O)O)ccc1F. The van der Waals surface area contributed by atoms with Gasteiger partial charge in [0.2, 0.25) is 10.0 Å². The number of hydrogen-bond acceptors (Lipinski definition) is 4. The molecule has 116 valence electrons. The second-order valence-corrected chi connectivity index (χ2v) is 6.65. The molecule has 0 radical (unpaired) electrons. The molecule has 0 spiro atoms. The Morgan fingerprint density at radius 3 is 2.67 bits per heavy atom. The smallest absolute Gasteiger partial charge is 0.335 e. The molecule has 0 saturated heterocycles. The van der Waals surface area contributed by atoms with Gasteiger partial charge in [0.05, 0.1) is 12.2 Å². The summed E-state index contributed by atoms with van der Waals surface area (Å²) in [5.41, 5.74) is -0.266. The molecule has 1 fully saturated rings. The van der Waals surface area contributed by atoms with Crippen molar-refractivity contribution in [1.82, 2.24) is 4.31 Å². The number of ether oxygens (including phenoxy) is 1. The molecule has 1 N–H and O–H groups in total. The number of aromatic carboxylic acids is 1. The summed E-state index contributed by atoms with van der Waals surface area (Å²) in [6, 6.07) is 2.58. The zero-order valence-electron chi connectivity index (χ0n) is 11.5. The Morgan fingerprint density at radius 1 is 1.48 bits per heavy atom. The molecule has 0 bridgehead atoms. The number of rotatable bonds is 7. The number of halogens is 1. The van der Waals surface area contributed by atoms with Crippen LogP contribution in [-0.4, -0.2) is 50.1 Å². The molecule has 8 heteroatoms. The molecule has 0 aromatic heterocycles. The van der Waals surface area contributed by atoms with Crippen molar-refractivity contribution in [2.75, 3.05) is 20.3 Å². The molecule has 0 amide bonds. The summed E-state index contributed by atoms with van der Waals surface area (Å²) in [5.74, 6) is -2.26. The van der Waals surface area contributed by atoms with Crippen LogP contribution in [0.25, 0.3) is 0 Å². The van der Waals surface area contributed by atoms with Crippen molar-refractivity contribution in [2.24, 2.45) is 0 Å². The van der Waals surface area contributed by atoms with Crippen LogP contribution in [0, 0.1) is 5.82 Å². The van der Waals surface area contributed by atoms with Crippen molar-refractivity contribution in [2.45, 2.75) is 23.8 Å². The molecule has 0 heterocycles. The number of sulfonamides is 1. The van der Waals surface area contributed by atoms with Gasteiger partial charge in [0.15, 0.2) is 0 Å². The molecule has 1 saturated carbocycles. The maximum atomic E-state index is 13.9. The van der Waals surface area contributed by atoms with Crippen LogP contribution in [0.15, 0.2) is 23.1 Å². The quantitative estimate of drug-likeness (QED) is 0.820. The van der Waals surface area contributed by atoms with E-state index in [0.29, 0.717) is 12.8 Å². The van der Waals surface area contributed by atoms with Crippen molar-refractivity contribution in [3.8, 4) is 0 Å². The summed E-state index contributed by atoms with van der Waals surface area (Å²) >= 11 is 0. The molecule has 1 aliphatic rings. The second-order valence-electron chi connectivity index (χ2n) is 4.79. The number of benzene rings is 1. The highest BCUT2D eigenvalue weighted by atomic mass is 32.2. The molecule has 6 nitrogen and oxygen atoms in total. The molecular weight excluding hydrogens is 301 g/mol. The normalized spacial score (nSPS) is 15.4. The average Bonchev–Trinajstić information content (AvgIpc) is 3.23. The third-order valence-electron chi connectivity index (χ3n) is 3.23.